The Morgan fingerprint density at radius 3 is 2.26 bits per heavy atom. The molecule has 2 amide bonds. The molecule has 0 heterocycles. The lowest BCUT2D eigenvalue weighted by Crippen LogP contribution is -2.17. The Labute approximate surface area is 111 Å². The van der Waals surface area contributed by atoms with Gasteiger partial charge in [-0.1, -0.05) is 42.5 Å². The van der Waals surface area contributed by atoms with E-state index in [1.165, 1.54) is 6.92 Å². The van der Waals surface area contributed by atoms with Gasteiger partial charge in [-0.05, 0) is 11.6 Å². The van der Waals surface area contributed by atoms with Crippen molar-refractivity contribution in [3.8, 4) is 11.1 Å². The standard InChI is InChI=1S/C15H14N2O2/c1-10(18)17-14-12(11-6-3-2-4-7-11)8-5-9-13(14)15(16)19/h2-9H,1H3,(H2,16,19)(H,17,18). The fourth-order valence-electron chi connectivity index (χ4n) is 1.93. The monoisotopic (exact) mass is 254 g/mol. The molecule has 0 atom stereocenters. The van der Waals surface area contributed by atoms with E-state index >= 15 is 0 Å². The molecule has 0 aliphatic heterocycles. The number of hydrogen-bond donors (Lipinski definition) is 2. The first-order valence-electron chi connectivity index (χ1n) is 5.85. The first-order valence-corrected chi connectivity index (χ1v) is 5.85. The summed E-state index contributed by atoms with van der Waals surface area (Å²) in [4.78, 5) is 22.8. The van der Waals surface area contributed by atoms with Gasteiger partial charge in [0.05, 0.1) is 11.3 Å². The highest BCUT2D eigenvalue weighted by molar-refractivity contribution is 6.06. The maximum absolute atomic E-state index is 11.5. The Bertz CT molecular complexity index is 621. The van der Waals surface area contributed by atoms with Crippen molar-refractivity contribution in [1.29, 1.82) is 0 Å². The molecule has 96 valence electrons. The van der Waals surface area contributed by atoms with Crippen molar-refractivity contribution in [1.82, 2.24) is 0 Å². The van der Waals surface area contributed by atoms with Gasteiger partial charge < -0.3 is 11.1 Å². The third kappa shape index (κ3) is 2.80. The second-order valence-corrected chi connectivity index (χ2v) is 4.14. The third-order valence-corrected chi connectivity index (χ3v) is 2.72. The zero-order chi connectivity index (χ0) is 13.8. The van der Waals surface area contributed by atoms with Crippen molar-refractivity contribution in [2.75, 3.05) is 5.32 Å². The highest BCUT2D eigenvalue weighted by atomic mass is 16.2. The van der Waals surface area contributed by atoms with Crippen LogP contribution in [0.5, 0.6) is 0 Å². The highest BCUT2D eigenvalue weighted by Gasteiger charge is 2.14. The van der Waals surface area contributed by atoms with E-state index in [9.17, 15) is 9.59 Å². The molecule has 4 nitrogen and oxygen atoms in total. The molecule has 0 aliphatic carbocycles. The molecule has 2 rings (SSSR count). The molecule has 0 aliphatic rings. The molecule has 0 saturated heterocycles. The molecule has 0 saturated carbocycles. The second-order valence-electron chi connectivity index (χ2n) is 4.14. The summed E-state index contributed by atoms with van der Waals surface area (Å²) < 4.78 is 0. The summed E-state index contributed by atoms with van der Waals surface area (Å²) in [6.45, 7) is 1.40. The smallest absolute Gasteiger partial charge is 0.250 e. The van der Waals surface area contributed by atoms with Crippen LogP contribution >= 0.6 is 0 Å². The van der Waals surface area contributed by atoms with E-state index < -0.39 is 5.91 Å². The highest BCUT2D eigenvalue weighted by Crippen LogP contribution is 2.30. The molecule has 4 heteroatoms. The summed E-state index contributed by atoms with van der Waals surface area (Å²) in [6, 6.07) is 14.7. The normalized spacial score (nSPS) is 9.95. The van der Waals surface area contributed by atoms with Crippen LogP contribution in [0.4, 0.5) is 5.69 Å². The quantitative estimate of drug-likeness (QED) is 0.882. The van der Waals surface area contributed by atoms with Crippen LogP contribution in [-0.2, 0) is 4.79 Å². The maximum atomic E-state index is 11.5. The van der Waals surface area contributed by atoms with Crippen LogP contribution in [0.15, 0.2) is 48.5 Å². The molecule has 0 bridgehead atoms. The van der Waals surface area contributed by atoms with Crippen LogP contribution in [0, 0.1) is 0 Å². The lowest BCUT2D eigenvalue weighted by molar-refractivity contribution is -0.114. The number of benzene rings is 2. The molecule has 19 heavy (non-hydrogen) atoms. The van der Waals surface area contributed by atoms with E-state index in [2.05, 4.69) is 5.32 Å². The Balaban J connectivity index is 2.63. The van der Waals surface area contributed by atoms with Crippen molar-refractivity contribution in [2.24, 2.45) is 5.73 Å². The van der Waals surface area contributed by atoms with Gasteiger partial charge in [0.15, 0.2) is 0 Å². The molecule has 0 spiro atoms. The number of para-hydroxylation sites is 1. The summed E-state index contributed by atoms with van der Waals surface area (Å²) in [7, 11) is 0. The van der Waals surface area contributed by atoms with Gasteiger partial charge in [0.25, 0.3) is 5.91 Å². The van der Waals surface area contributed by atoms with Gasteiger partial charge in [0, 0.05) is 12.5 Å². The zero-order valence-electron chi connectivity index (χ0n) is 10.5. The largest absolute Gasteiger partial charge is 0.366 e. The zero-order valence-corrected chi connectivity index (χ0v) is 10.5. The second kappa shape index (κ2) is 5.35. The Morgan fingerprint density at radius 1 is 1.00 bits per heavy atom. The lowest BCUT2D eigenvalue weighted by atomic mass is 9.99. The Kier molecular flexibility index (Phi) is 3.61. The van der Waals surface area contributed by atoms with Gasteiger partial charge >= 0.3 is 0 Å². The predicted molar refractivity (Wildman–Crippen MR) is 74.7 cm³/mol. The van der Waals surface area contributed by atoms with E-state index in [-0.39, 0.29) is 5.91 Å². The number of nitrogens with one attached hydrogen (secondary N) is 1. The van der Waals surface area contributed by atoms with Gasteiger partial charge in [-0.2, -0.15) is 0 Å². The fraction of sp³-hybridized carbons (Fsp3) is 0.0667. The molecule has 2 aromatic carbocycles. The lowest BCUT2D eigenvalue weighted by Gasteiger charge is -2.13. The number of rotatable bonds is 3. The van der Waals surface area contributed by atoms with Crippen LogP contribution in [0.3, 0.4) is 0 Å². The minimum atomic E-state index is -0.568. The summed E-state index contributed by atoms with van der Waals surface area (Å²) in [6.07, 6.45) is 0. The molecule has 0 aromatic heterocycles. The van der Waals surface area contributed by atoms with Crippen molar-refractivity contribution in [3.63, 3.8) is 0 Å². The van der Waals surface area contributed by atoms with Crippen LogP contribution < -0.4 is 11.1 Å². The SMILES string of the molecule is CC(=O)Nc1c(C(N)=O)cccc1-c1ccccc1. The number of carbonyl (C=O) groups excluding carboxylic acids is 2. The van der Waals surface area contributed by atoms with E-state index in [1.807, 2.05) is 36.4 Å². The average Bonchev–Trinajstić information content (AvgIpc) is 2.39. The van der Waals surface area contributed by atoms with Gasteiger partial charge in [0.2, 0.25) is 5.91 Å². The van der Waals surface area contributed by atoms with Gasteiger partial charge in [-0.25, -0.2) is 0 Å². The van der Waals surface area contributed by atoms with E-state index in [0.717, 1.165) is 11.1 Å². The number of primary amides is 1. The fourth-order valence-corrected chi connectivity index (χ4v) is 1.93. The van der Waals surface area contributed by atoms with Gasteiger partial charge in [-0.15, -0.1) is 0 Å². The first-order chi connectivity index (χ1) is 9.09. The number of carbonyl (C=O) groups is 2. The Hall–Kier alpha value is -2.62. The molecular weight excluding hydrogens is 240 g/mol. The minimum Gasteiger partial charge on any atom is -0.366 e. The molecular formula is C15H14N2O2. The average molecular weight is 254 g/mol. The van der Waals surface area contributed by atoms with E-state index in [0.29, 0.717) is 11.3 Å². The molecule has 2 aromatic rings. The molecule has 0 fully saturated rings. The van der Waals surface area contributed by atoms with Crippen molar-refractivity contribution in [2.45, 2.75) is 6.92 Å². The number of anilines is 1. The first kappa shape index (κ1) is 12.8. The third-order valence-electron chi connectivity index (χ3n) is 2.72. The molecule has 0 unspecified atom stereocenters. The van der Waals surface area contributed by atoms with Gasteiger partial charge in [-0.3, -0.25) is 9.59 Å². The maximum Gasteiger partial charge on any atom is 0.250 e. The van der Waals surface area contributed by atoms with Gasteiger partial charge in [0.1, 0.15) is 0 Å². The van der Waals surface area contributed by atoms with Crippen molar-refractivity contribution < 1.29 is 9.59 Å². The molecule has 3 N–H and O–H groups in total. The summed E-state index contributed by atoms with van der Waals surface area (Å²) in [5.74, 6) is -0.813. The number of hydrogen-bond acceptors (Lipinski definition) is 2. The van der Waals surface area contributed by atoms with Crippen LogP contribution in [0.1, 0.15) is 17.3 Å². The van der Waals surface area contributed by atoms with Crippen molar-refractivity contribution in [3.05, 3.63) is 54.1 Å². The number of amides is 2. The summed E-state index contributed by atoms with van der Waals surface area (Å²) in [5.41, 5.74) is 7.78. The van der Waals surface area contributed by atoms with Crippen LogP contribution in [0.25, 0.3) is 11.1 Å². The summed E-state index contributed by atoms with van der Waals surface area (Å²) >= 11 is 0. The van der Waals surface area contributed by atoms with E-state index in [4.69, 9.17) is 5.73 Å². The predicted octanol–water partition coefficient (Wildman–Crippen LogP) is 2.41. The van der Waals surface area contributed by atoms with E-state index in [1.54, 1.807) is 12.1 Å². The minimum absolute atomic E-state index is 0.245. The van der Waals surface area contributed by atoms with Crippen LogP contribution in [-0.4, -0.2) is 11.8 Å². The number of nitrogens with two attached hydrogens (primary N) is 1. The summed E-state index contributed by atoms with van der Waals surface area (Å²) in [5, 5.41) is 2.68. The Morgan fingerprint density at radius 2 is 1.68 bits per heavy atom. The molecule has 0 radical (unpaired) electrons. The van der Waals surface area contributed by atoms with Crippen LogP contribution in [0.2, 0.25) is 0 Å². The van der Waals surface area contributed by atoms with Crippen molar-refractivity contribution >= 4 is 17.5 Å². The topological polar surface area (TPSA) is 72.2 Å².